The molecule has 0 spiro atoms. The van der Waals surface area contributed by atoms with E-state index in [1.54, 1.807) is 31.4 Å². The van der Waals surface area contributed by atoms with E-state index in [0.29, 0.717) is 24.5 Å². The lowest BCUT2D eigenvalue weighted by atomic mass is 10.0. The molecular formula is C21H28N2O5S. The zero-order valence-corrected chi connectivity index (χ0v) is 18.0. The largest absolute Gasteiger partial charge is 0.497 e. The quantitative estimate of drug-likeness (QED) is 0.638. The molecule has 1 N–H and O–H groups in total. The van der Waals surface area contributed by atoms with Gasteiger partial charge in [-0.15, -0.1) is 0 Å². The summed E-state index contributed by atoms with van der Waals surface area (Å²) in [5, 5.41) is 2.92. The molecule has 8 heteroatoms. The number of hydrogen-bond acceptors (Lipinski definition) is 5. The summed E-state index contributed by atoms with van der Waals surface area (Å²) in [7, 11) is -2.10. The van der Waals surface area contributed by atoms with Crippen molar-refractivity contribution >= 4 is 21.6 Å². The molecule has 2 aromatic rings. The van der Waals surface area contributed by atoms with E-state index < -0.39 is 15.9 Å². The number of para-hydroxylation sites is 2. The number of carbonyl (C=O) groups is 1. The SMILES string of the molecule is CCOc1ccccc1N(CC(=O)N[C@@H](CC)c1ccc(OC)cc1)S(C)(=O)=O. The first-order chi connectivity index (χ1) is 13.8. The van der Waals surface area contributed by atoms with Gasteiger partial charge in [-0.1, -0.05) is 31.2 Å². The fourth-order valence-electron chi connectivity index (χ4n) is 2.95. The van der Waals surface area contributed by atoms with Crippen molar-refractivity contribution in [2.75, 3.05) is 30.8 Å². The number of nitrogens with one attached hydrogen (secondary N) is 1. The van der Waals surface area contributed by atoms with Gasteiger partial charge in [-0.25, -0.2) is 8.42 Å². The molecule has 2 aromatic carbocycles. The highest BCUT2D eigenvalue weighted by molar-refractivity contribution is 7.92. The van der Waals surface area contributed by atoms with Crippen molar-refractivity contribution in [2.24, 2.45) is 0 Å². The molecule has 0 unspecified atom stereocenters. The molecule has 29 heavy (non-hydrogen) atoms. The van der Waals surface area contributed by atoms with Gasteiger partial charge in [-0.2, -0.15) is 0 Å². The number of carbonyl (C=O) groups excluding carboxylic acids is 1. The van der Waals surface area contributed by atoms with Crippen LogP contribution in [0.25, 0.3) is 0 Å². The third kappa shape index (κ3) is 6.12. The number of benzene rings is 2. The summed E-state index contributed by atoms with van der Waals surface area (Å²) < 4.78 is 36.6. The van der Waals surface area contributed by atoms with Crippen molar-refractivity contribution in [3.05, 3.63) is 54.1 Å². The van der Waals surface area contributed by atoms with Crippen LogP contribution >= 0.6 is 0 Å². The summed E-state index contributed by atoms with van der Waals surface area (Å²) in [6.07, 6.45) is 1.73. The Labute approximate surface area is 172 Å². The molecular weight excluding hydrogens is 392 g/mol. The predicted molar refractivity (Wildman–Crippen MR) is 114 cm³/mol. The Bertz CT molecular complexity index is 913. The van der Waals surface area contributed by atoms with Crippen LogP contribution in [0.1, 0.15) is 31.9 Å². The highest BCUT2D eigenvalue weighted by atomic mass is 32.2. The number of amides is 1. The molecule has 0 saturated carbocycles. The lowest BCUT2D eigenvalue weighted by molar-refractivity contribution is -0.120. The van der Waals surface area contributed by atoms with Gasteiger partial charge in [-0.3, -0.25) is 9.10 Å². The Kier molecular flexibility index (Phi) is 7.90. The Morgan fingerprint density at radius 2 is 1.76 bits per heavy atom. The van der Waals surface area contributed by atoms with E-state index in [1.807, 2.05) is 38.1 Å². The summed E-state index contributed by atoms with van der Waals surface area (Å²) >= 11 is 0. The zero-order valence-electron chi connectivity index (χ0n) is 17.2. The second-order valence-corrected chi connectivity index (χ2v) is 8.38. The van der Waals surface area contributed by atoms with Crippen LogP contribution in [-0.4, -0.2) is 40.8 Å². The second kappa shape index (κ2) is 10.2. The van der Waals surface area contributed by atoms with Gasteiger partial charge in [-0.05, 0) is 43.2 Å². The van der Waals surface area contributed by atoms with Crippen LogP contribution in [0.4, 0.5) is 5.69 Å². The molecule has 0 radical (unpaired) electrons. The lowest BCUT2D eigenvalue weighted by Gasteiger charge is -2.25. The van der Waals surface area contributed by atoms with Crippen LogP contribution in [0.15, 0.2) is 48.5 Å². The smallest absolute Gasteiger partial charge is 0.241 e. The maximum Gasteiger partial charge on any atom is 0.241 e. The van der Waals surface area contributed by atoms with Crippen molar-refractivity contribution < 1.29 is 22.7 Å². The van der Waals surface area contributed by atoms with Crippen molar-refractivity contribution in [2.45, 2.75) is 26.3 Å². The van der Waals surface area contributed by atoms with Crippen LogP contribution in [0.2, 0.25) is 0 Å². The summed E-state index contributed by atoms with van der Waals surface area (Å²) in [5.41, 5.74) is 1.26. The van der Waals surface area contributed by atoms with E-state index in [1.165, 1.54) is 0 Å². The van der Waals surface area contributed by atoms with E-state index in [9.17, 15) is 13.2 Å². The molecule has 1 atom stereocenters. The minimum absolute atomic E-state index is 0.239. The van der Waals surface area contributed by atoms with E-state index >= 15 is 0 Å². The molecule has 1 amide bonds. The molecule has 158 valence electrons. The third-order valence-electron chi connectivity index (χ3n) is 4.38. The zero-order chi connectivity index (χ0) is 21.4. The number of anilines is 1. The maximum absolute atomic E-state index is 12.7. The minimum atomic E-state index is -3.69. The van der Waals surface area contributed by atoms with Gasteiger partial charge in [0.15, 0.2) is 0 Å². The summed E-state index contributed by atoms with van der Waals surface area (Å²) in [4.78, 5) is 12.7. The molecule has 0 aromatic heterocycles. The van der Waals surface area contributed by atoms with Crippen molar-refractivity contribution in [3.63, 3.8) is 0 Å². The Balaban J connectivity index is 2.22. The average Bonchev–Trinajstić information content (AvgIpc) is 2.70. The number of rotatable bonds is 10. The topological polar surface area (TPSA) is 84.9 Å². The first-order valence-electron chi connectivity index (χ1n) is 9.43. The van der Waals surface area contributed by atoms with Crippen molar-refractivity contribution in [3.8, 4) is 11.5 Å². The van der Waals surface area contributed by atoms with E-state index in [2.05, 4.69) is 5.32 Å². The standard InChI is InChI=1S/C21H28N2O5S/c1-5-18(16-11-13-17(27-3)14-12-16)22-21(24)15-23(29(4,25)26)19-9-7-8-10-20(19)28-6-2/h7-14,18H,5-6,15H2,1-4H3,(H,22,24)/t18-/m0/s1. The second-order valence-electron chi connectivity index (χ2n) is 6.47. The minimum Gasteiger partial charge on any atom is -0.497 e. The molecule has 0 aliphatic rings. The molecule has 0 saturated heterocycles. The van der Waals surface area contributed by atoms with Crippen LogP contribution < -0.4 is 19.1 Å². The number of sulfonamides is 1. The van der Waals surface area contributed by atoms with E-state index in [0.717, 1.165) is 21.9 Å². The van der Waals surface area contributed by atoms with Crippen LogP contribution in [0.3, 0.4) is 0 Å². The molecule has 0 heterocycles. The summed E-state index contributed by atoms with van der Waals surface area (Å²) in [6.45, 7) is 3.81. The summed E-state index contributed by atoms with van der Waals surface area (Å²) in [5.74, 6) is 0.741. The van der Waals surface area contributed by atoms with Gasteiger partial charge in [0, 0.05) is 0 Å². The van der Waals surface area contributed by atoms with E-state index in [4.69, 9.17) is 9.47 Å². The van der Waals surface area contributed by atoms with Gasteiger partial charge in [0.25, 0.3) is 0 Å². The van der Waals surface area contributed by atoms with Gasteiger partial charge >= 0.3 is 0 Å². The van der Waals surface area contributed by atoms with E-state index in [-0.39, 0.29) is 12.6 Å². The first-order valence-corrected chi connectivity index (χ1v) is 11.3. The van der Waals surface area contributed by atoms with Gasteiger partial charge < -0.3 is 14.8 Å². The van der Waals surface area contributed by atoms with Crippen molar-refractivity contribution in [1.82, 2.24) is 5.32 Å². The van der Waals surface area contributed by atoms with Gasteiger partial charge in [0.1, 0.15) is 18.0 Å². The Morgan fingerprint density at radius 1 is 1.10 bits per heavy atom. The normalized spacial score (nSPS) is 12.1. The Morgan fingerprint density at radius 3 is 2.31 bits per heavy atom. The number of ether oxygens (including phenoxy) is 2. The lowest BCUT2D eigenvalue weighted by Crippen LogP contribution is -2.41. The average molecular weight is 421 g/mol. The summed E-state index contributed by atoms with van der Waals surface area (Å²) in [6, 6.07) is 13.9. The molecule has 2 rings (SSSR count). The highest BCUT2D eigenvalue weighted by Gasteiger charge is 2.25. The fourth-order valence-corrected chi connectivity index (χ4v) is 3.81. The number of hydrogen-bond donors (Lipinski definition) is 1. The number of methoxy groups -OCH3 is 1. The van der Waals surface area contributed by atoms with Gasteiger partial charge in [0.2, 0.25) is 15.9 Å². The number of nitrogens with zero attached hydrogens (tertiary/aromatic N) is 1. The fraction of sp³-hybridized carbons (Fsp3) is 0.381. The molecule has 0 bridgehead atoms. The van der Waals surface area contributed by atoms with Gasteiger partial charge in [0.05, 0.1) is 31.7 Å². The highest BCUT2D eigenvalue weighted by Crippen LogP contribution is 2.30. The molecule has 0 aliphatic heterocycles. The van der Waals surface area contributed by atoms with Crippen LogP contribution in [-0.2, 0) is 14.8 Å². The Hall–Kier alpha value is -2.74. The first kappa shape index (κ1) is 22.5. The molecule has 7 nitrogen and oxygen atoms in total. The molecule has 0 aliphatic carbocycles. The monoisotopic (exact) mass is 420 g/mol. The third-order valence-corrected chi connectivity index (χ3v) is 5.51. The molecule has 0 fully saturated rings. The van der Waals surface area contributed by atoms with Crippen LogP contribution in [0.5, 0.6) is 11.5 Å². The predicted octanol–water partition coefficient (Wildman–Crippen LogP) is 3.13. The maximum atomic E-state index is 12.7. The van der Waals surface area contributed by atoms with Crippen LogP contribution in [0, 0.1) is 0 Å². The van der Waals surface area contributed by atoms with Crippen molar-refractivity contribution in [1.29, 1.82) is 0 Å².